The molecule has 15 heteroatoms. The lowest BCUT2D eigenvalue weighted by Gasteiger charge is -2.40. The highest BCUT2D eigenvalue weighted by atomic mass is 19.4. The van der Waals surface area contributed by atoms with Crippen molar-refractivity contribution in [1.82, 2.24) is 30.2 Å². The summed E-state index contributed by atoms with van der Waals surface area (Å²) in [6.45, 7) is 1.51. The van der Waals surface area contributed by atoms with Gasteiger partial charge in [-0.05, 0) is 68.4 Å². The van der Waals surface area contributed by atoms with Crippen molar-refractivity contribution in [3.8, 4) is 11.3 Å². The molecular formula is C36H41F3N8O4. The predicted molar refractivity (Wildman–Crippen MR) is 183 cm³/mol. The fraction of sp³-hybridized carbons (Fsp3) is 0.500. The van der Waals surface area contributed by atoms with E-state index >= 15 is 0 Å². The van der Waals surface area contributed by atoms with Crippen molar-refractivity contribution in [3.05, 3.63) is 59.2 Å². The number of halogens is 3. The normalized spacial score (nSPS) is 18.1. The van der Waals surface area contributed by atoms with Crippen LogP contribution in [0.3, 0.4) is 0 Å². The Kier molecular flexibility index (Phi) is 9.21. The Morgan fingerprint density at radius 3 is 2.45 bits per heavy atom. The van der Waals surface area contributed by atoms with Gasteiger partial charge in [-0.1, -0.05) is 25.3 Å². The molecule has 3 aliphatic rings. The molecule has 3 saturated carbocycles. The van der Waals surface area contributed by atoms with E-state index in [1.807, 2.05) is 7.05 Å². The lowest BCUT2D eigenvalue weighted by atomic mass is 9.74. The van der Waals surface area contributed by atoms with Crippen LogP contribution in [-0.4, -0.2) is 74.8 Å². The third-order valence-corrected chi connectivity index (χ3v) is 10.3. The number of carboxylic acids is 1. The van der Waals surface area contributed by atoms with E-state index in [1.54, 1.807) is 31.4 Å². The second-order valence-corrected chi connectivity index (χ2v) is 14.3. The molecular weight excluding hydrogens is 665 g/mol. The zero-order valence-electron chi connectivity index (χ0n) is 28.6. The van der Waals surface area contributed by atoms with Gasteiger partial charge < -0.3 is 19.7 Å². The zero-order chi connectivity index (χ0) is 36.0. The number of aromatic amines is 1. The Hall–Kier alpha value is -4.63. The molecule has 7 rings (SSSR count). The Morgan fingerprint density at radius 2 is 1.82 bits per heavy atom. The van der Waals surface area contributed by atoms with E-state index in [-0.39, 0.29) is 28.6 Å². The number of H-pyrrole nitrogens is 1. The van der Waals surface area contributed by atoms with Crippen LogP contribution in [0.2, 0.25) is 0 Å². The number of aromatic nitrogens is 5. The predicted octanol–water partition coefficient (Wildman–Crippen LogP) is 6.30. The minimum atomic E-state index is -4.62. The second kappa shape index (κ2) is 13.5. The molecule has 0 spiro atoms. The highest BCUT2D eigenvalue weighted by Crippen LogP contribution is 2.43. The molecule has 4 aromatic rings. The largest absolute Gasteiger partial charge is 0.480 e. The van der Waals surface area contributed by atoms with Gasteiger partial charge in [-0.2, -0.15) is 18.2 Å². The first-order valence-electron chi connectivity index (χ1n) is 17.3. The molecule has 51 heavy (non-hydrogen) atoms. The number of methoxy groups -OCH3 is 1. The van der Waals surface area contributed by atoms with Crippen molar-refractivity contribution in [2.24, 2.45) is 5.41 Å². The lowest BCUT2D eigenvalue weighted by molar-refractivity contribution is -0.141. The van der Waals surface area contributed by atoms with Crippen LogP contribution >= 0.6 is 0 Å². The lowest BCUT2D eigenvalue weighted by Crippen LogP contribution is -2.40. The number of carbonyl (C=O) groups excluding carboxylic acids is 1. The molecule has 12 nitrogen and oxygen atoms in total. The summed E-state index contributed by atoms with van der Waals surface area (Å²) in [5, 5.41) is 15.2. The van der Waals surface area contributed by atoms with E-state index in [1.165, 1.54) is 6.20 Å². The molecule has 0 atom stereocenters. The van der Waals surface area contributed by atoms with E-state index in [9.17, 15) is 27.9 Å². The van der Waals surface area contributed by atoms with Crippen LogP contribution in [0, 0.1) is 5.41 Å². The van der Waals surface area contributed by atoms with E-state index in [0.717, 1.165) is 56.6 Å². The van der Waals surface area contributed by atoms with Crippen molar-refractivity contribution < 1.29 is 32.6 Å². The maximum atomic E-state index is 14.0. The highest BCUT2D eigenvalue weighted by molar-refractivity contribution is 6.03. The minimum absolute atomic E-state index is 0.0113. The van der Waals surface area contributed by atoms with Gasteiger partial charge in [0.05, 0.1) is 18.0 Å². The van der Waals surface area contributed by atoms with Crippen LogP contribution in [0.5, 0.6) is 0 Å². The number of nitrogens with one attached hydrogen (secondary N) is 3. The Bertz CT molecular complexity index is 1930. The van der Waals surface area contributed by atoms with Crippen molar-refractivity contribution >= 4 is 34.7 Å². The molecule has 270 valence electrons. The quantitative estimate of drug-likeness (QED) is 0.124. The summed E-state index contributed by atoms with van der Waals surface area (Å²) in [5.74, 6) is -1.32. The number of pyridine rings is 3. The number of hydrogen-bond donors (Lipinski definition) is 4. The molecule has 0 radical (unpaired) electrons. The van der Waals surface area contributed by atoms with E-state index in [4.69, 9.17) is 9.72 Å². The first-order valence-corrected chi connectivity index (χ1v) is 17.3. The molecule has 0 saturated heterocycles. The summed E-state index contributed by atoms with van der Waals surface area (Å²) < 4.78 is 47.7. The first-order chi connectivity index (χ1) is 24.4. The number of aliphatic carboxylic acids is 1. The topological polar surface area (TPSA) is 158 Å². The van der Waals surface area contributed by atoms with Gasteiger partial charge in [0.2, 0.25) is 5.95 Å². The molecule has 0 bridgehead atoms. The van der Waals surface area contributed by atoms with Crippen LogP contribution in [0.25, 0.3) is 22.4 Å². The van der Waals surface area contributed by atoms with Crippen LogP contribution < -0.4 is 15.5 Å². The van der Waals surface area contributed by atoms with Crippen molar-refractivity contribution in [2.45, 2.75) is 82.0 Å². The number of fused-ring (bicyclic) bond motifs is 1. The SMILES string of the molecule is COCC1(CN(C)c2cc(-c3cc(C4CC4)nc(C(F)(F)F)c3)nc3nc(NC(=O)c4ccc(CNC5(C(=O)O)CC5)cn4)[nH]c23)CCCCC1. The molecule has 4 heterocycles. The number of nitrogens with zero attached hydrogens (tertiary/aromatic N) is 5. The summed E-state index contributed by atoms with van der Waals surface area (Å²) >= 11 is 0. The Morgan fingerprint density at radius 1 is 1.06 bits per heavy atom. The molecule has 4 N–H and O–H groups in total. The van der Waals surface area contributed by atoms with Crippen LogP contribution in [0.15, 0.2) is 36.5 Å². The van der Waals surface area contributed by atoms with E-state index in [2.05, 4.69) is 35.5 Å². The number of ether oxygens (including phenoxy) is 1. The average molecular weight is 707 g/mol. The summed E-state index contributed by atoms with van der Waals surface area (Å²) in [4.78, 5) is 47.4. The maximum absolute atomic E-state index is 14.0. The fourth-order valence-electron chi connectivity index (χ4n) is 7.15. The number of rotatable bonds is 13. The van der Waals surface area contributed by atoms with Gasteiger partial charge >= 0.3 is 12.1 Å². The van der Waals surface area contributed by atoms with Gasteiger partial charge in [0.1, 0.15) is 22.4 Å². The third kappa shape index (κ3) is 7.54. The maximum Gasteiger partial charge on any atom is 0.433 e. The Balaban J connectivity index is 1.20. The standard InChI is InChI=1S/C36H41F3N8O4/c1-47(19-34(20-51-2)10-4-3-5-11-34)27-16-26(23-14-25(22-7-8-22)42-28(15-23)36(37,38)39)43-30-29(27)44-33(45-30)46-31(48)24-9-6-21(17-40-24)18-41-35(12-13-35)32(49)50/h6,9,14-17,22,41H,3-5,7-8,10-13,18-20H2,1-2H3,(H,49,50)(H2,43,44,45,46,48). The summed E-state index contributed by atoms with van der Waals surface area (Å²) in [6, 6.07) is 7.73. The number of hydrogen-bond acceptors (Lipinski definition) is 9. The van der Waals surface area contributed by atoms with Gasteiger partial charge in [-0.25, -0.2) is 9.97 Å². The van der Waals surface area contributed by atoms with Crippen molar-refractivity contribution in [1.29, 1.82) is 0 Å². The fourth-order valence-corrected chi connectivity index (χ4v) is 7.15. The number of anilines is 2. The summed E-state index contributed by atoms with van der Waals surface area (Å²) in [6.07, 6.45) is 4.91. The average Bonchev–Trinajstić information content (AvgIpc) is 4.04. The molecule has 4 aromatic heterocycles. The first kappa shape index (κ1) is 34.8. The zero-order valence-corrected chi connectivity index (χ0v) is 28.6. The summed E-state index contributed by atoms with van der Waals surface area (Å²) in [7, 11) is 3.64. The second-order valence-electron chi connectivity index (χ2n) is 14.3. The van der Waals surface area contributed by atoms with Crippen molar-refractivity contribution in [2.75, 3.05) is 37.5 Å². The van der Waals surface area contributed by atoms with Gasteiger partial charge in [-0.15, -0.1) is 0 Å². The molecule has 3 aliphatic carbocycles. The van der Waals surface area contributed by atoms with Gasteiger partial charge in [0.25, 0.3) is 5.91 Å². The summed E-state index contributed by atoms with van der Waals surface area (Å²) in [5.41, 5.74) is 1.33. The van der Waals surface area contributed by atoms with Gasteiger partial charge in [0, 0.05) is 56.0 Å². The number of carboxylic acid groups (broad SMARTS) is 1. The number of imidazole rings is 1. The third-order valence-electron chi connectivity index (χ3n) is 10.3. The monoisotopic (exact) mass is 706 g/mol. The molecule has 0 aromatic carbocycles. The Labute approximate surface area is 292 Å². The number of carbonyl (C=O) groups is 2. The van der Waals surface area contributed by atoms with Gasteiger partial charge in [0.15, 0.2) is 5.65 Å². The molecule has 0 unspecified atom stereocenters. The van der Waals surface area contributed by atoms with Crippen LogP contribution in [0.4, 0.5) is 24.8 Å². The van der Waals surface area contributed by atoms with Gasteiger partial charge in [-0.3, -0.25) is 25.2 Å². The molecule has 0 aliphatic heterocycles. The minimum Gasteiger partial charge on any atom is -0.480 e. The molecule has 1 amide bonds. The molecule has 3 fully saturated rings. The van der Waals surface area contributed by atoms with Crippen LogP contribution in [-0.2, 0) is 22.3 Å². The highest BCUT2D eigenvalue weighted by Gasteiger charge is 2.49. The number of amides is 1. The van der Waals surface area contributed by atoms with E-state index < -0.39 is 29.3 Å². The van der Waals surface area contributed by atoms with Crippen LogP contribution in [0.1, 0.15) is 91.1 Å². The van der Waals surface area contributed by atoms with Crippen molar-refractivity contribution in [3.63, 3.8) is 0 Å². The number of alkyl halides is 3. The smallest absolute Gasteiger partial charge is 0.433 e. The van der Waals surface area contributed by atoms with E-state index in [0.29, 0.717) is 60.7 Å².